The Morgan fingerprint density at radius 3 is 2.56 bits per heavy atom. The monoisotopic (exact) mass is 340 g/mol. The van der Waals surface area contributed by atoms with Gasteiger partial charge in [-0.3, -0.25) is 9.89 Å². The van der Waals surface area contributed by atoms with Gasteiger partial charge in [-0.15, -0.1) is 0 Å². The molecule has 3 rings (SSSR count). The van der Waals surface area contributed by atoms with Crippen molar-refractivity contribution in [1.29, 1.82) is 0 Å². The van der Waals surface area contributed by atoms with Crippen LogP contribution in [0.25, 0.3) is 0 Å². The van der Waals surface area contributed by atoms with Gasteiger partial charge in [0.05, 0.1) is 13.5 Å². The molecule has 6 nitrogen and oxygen atoms in total. The number of anilines is 1. The summed E-state index contributed by atoms with van der Waals surface area (Å²) in [6.45, 7) is 0. The van der Waals surface area contributed by atoms with Gasteiger partial charge in [0.1, 0.15) is 17.4 Å². The quantitative estimate of drug-likeness (QED) is 0.723. The summed E-state index contributed by atoms with van der Waals surface area (Å²) >= 11 is 0. The lowest BCUT2D eigenvalue weighted by Crippen LogP contribution is -2.15. The fourth-order valence-electron chi connectivity index (χ4n) is 2.31. The second-order valence-electron chi connectivity index (χ2n) is 5.46. The highest BCUT2D eigenvalue weighted by atomic mass is 19.1. The first-order valence-corrected chi connectivity index (χ1v) is 7.71. The zero-order chi connectivity index (χ0) is 17.6. The van der Waals surface area contributed by atoms with Gasteiger partial charge in [-0.1, -0.05) is 12.1 Å². The third-order valence-corrected chi connectivity index (χ3v) is 3.56. The molecular formula is C18H17FN4O2. The van der Waals surface area contributed by atoms with Gasteiger partial charge in [-0.25, -0.2) is 9.37 Å². The maximum absolute atomic E-state index is 12.9. The SMILES string of the molecule is COc1ccc(NC(=O)Cc2n[nH]c(Cc3ccc(F)cc3)n2)cc1. The molecule has 0 saturated carbocycles. The number of hydrogen-bond acceptors (Lipinski definition) is 4. The van der Waals surface area contributed by atoms with E-state index in [1.54, 1.807) is 43.5 Å². The minimum atomic E-state index is -0.280. The van der Waals surface area contributed by atoms with Gasteiger partial charge in [0.15, 0.2) is 5.82 Å². The number of halogens is 1. The van der Waals surface area contributed by atoms with Crippen LogP contribution in [-0.2, 0) is 17.6 Å². The molecule has 0 aliphatic carbocycles. The third-order valence-electron chi connectivity index (χ3n) is 3.56. The van der Waals surface area contributed by atoms with Crippen molar-refractivity contribution in [1.82, 2.24) is 15.2 Å². The van der Waals surface area contributed by atoms with Crippen molar-refractivity contribution < 1.29 is 13.9 Å². The van der Waals surface area contributed by atoms with Crippen LogP contribution in [-0.4, -0.2) is 28.2 Å². The molecule has 0 bridgehead atoms. The summed E-state index contributed by atoms with van der Waals surface area (Å²) in [5.74, 6) is 1.26. The summed E-state index contributed by atoms with van der Waals surface area (Å²) in [5, 5.41) is 9.63. The maximum atomic E-state index is 12.9. The van der Waals surface area contributed by atoms with Gasteiger partial charge in [-0.2, -0.15) is 5.10 Å². The lowest BCUT2D eigenvalue weighted by Gasteiger charge is -2.04. The van der Waals surface area contributed by atoms with Crippen molar-refractivity contribution in [3.8, 4) is 5.75 Å². The van der Waals surface area contributed by atoms with Gasteiger partial charge in [0.25, 0.3) is 0 Å². The molecule has 0 aliphatic heterocycles. The summed E-state index contributed by atoms with van der Waals surface area (Å²) in [6, 6.07) is 13.2. The van der Waals surface area contributed by atoms with E-state index in [-0.39, 0.29) is 18.1 Å². The standard InChI is InChI=1S/C18H17FN4O2/c1-25-15-8-6-14(7-9-15)20-18(24)11-17-21-16(22-23-17)10-12-2-4-13(19)5-3-12/h2-9H,10-11H2,1H3,(H,20,24)(H,21,22,23). The smallest absolute Gasteiger partial charge is 0.232 e. The number of carbonyl (C=O) groups excluding carboxylic acids is 1. The van der Waals surface area contributed by atoms with Crippen LogP contribution in [0.2, 0.25) is 0 Å². The molecule has 25 heavy (non-hydrogen) atoms. The van der Waals surface area contributed by atoms with Crippen molar-refractivity contribution >= 4 is 11.6 Å². The second-order valence-corrected chi connectivity index (χ2v) is 5.46. The van der Waals surface area contributed by atoms with Crippen LogP contribution >= 0.6 is 0 Å². The van der Waals surface area contributed by atoms with Crippen LogP contribution in [0.15, 0.2) is 48.5 Å². The molecule has 0 atom stereocenters. The van der Waals surface area contributed by atoms with E-state index < -0.39 is 0 Å². The normalized spacial score (nSPS) is 10.5. The summed E-state index contributed by atoms with van der Waals surface area (Å²) in [6.07, 6.45) is 0.555. The van der Waals surface area contributed by atoms with E-state index in [4.69, 9.17) is 4.74 Å². The Labute approximate surface area is 144 Å². The number of H-pyrrole nitrogens is 1. The van der Waals surface area contributed by atoms with E-state index in [9.17, 15) is 9.18 Å². The molecule has 2 aromatic carbocycles. The van der Waals surface area contributed by atoms with Crippen LogP contribution in [0.4, 0.5) is 10.1 Å². The van der Waals surface area contributed by atoms with Gasteiger partial charge in [0.2, 0.25) is 5.91 Å². The average molecular weight is 340 g/mol. The number of nitrogens with one attached hydrogen (secondary N) is 2. The Balaban J connectivity index is 1.56. The molecule has 2 N–H and O–H groups in total. The van der Waals surface area contributed by atoms with E-state index >= 15 is 0 Å². The first-order chi connectivity index (χ1) is 12.1. The first kappa shape index (κ1) is 16.6. The molecule has 1 aromatic heterocycles. The van der Waals surface area contributed by atoms with Gasteiger partial charge in [0, 0.05) is 12.1 Å². The van der Waals surface area contributed by atoms with E-state index in [1.165, 1.54) is 12.1 Å². The molecule has 0 unspecified atom stereocenters. The molecule has 1 heterocycles. The van der Waals surface area contributed by atoms with Crippen molar-refractivity contribution in [3.05, 3.63) is 71.6 Å². The van der Waals surface area contributed by atoms with E-state index in [2.05, 4.69) is 20.5 Å². The van der Waals surface area contributed by atoms with Crippen molar-refractivity contribution in [2.45, 2.75) is 12.8 Å². The van der Waals surface area contributed by atoms with Crippen LogP contribution in [0.5, 0.6) is 5.75 Å². The highest BCUT2D eigenvalue weighted by Crippen LogP contribution is 2.15. The number of hydrogen-bond donors (Lipinski definition) is 2. The third kappa shape index (κ3) is 4.63. The van der Waals surface area contributed by atoms with E-state index in [0.29, 0.717) is 23.8 Å². The lowest BCUT2D eigenvalue weighted by molar-refractivity contribution is -0.115. The van der Waals surface area contributed by atoms with Crippen LogP contribution in [0.3, 0.4) is 0 Å². The predicted octanol–water partition coefficient (Wildman–Crippen LogP) is 2.72. The molecule has 0 aliphatic rings. The molecule has 7 heteroatoms. The fourth-order valence-corrected chi connectivity index (χ4v) is 2.31. The Morgan fingerprint density at radius 1 is 1.16 bits per heavy atom. The minimum absolute atomic E-state index is 0.0615. The molecular weight excluding hydrogens is 323 g/mol. The number of nitrogens with zero attached hydrogens (tertiary/aromatic N) is 2. The number of methoxy groups -OCH3 is 1. The molecule has 0 fully saturated rings. The molecule has 1 amide bonds. The fraction of sp³-hybridized carbons (Fsp3) is 0.167. The van der Waals surface area contributed by atoms with Crippen LogP contribution in [0, 0.1) is 5.82 Å². The number of aromatic nitrogens is 3. The molecule has 3 aromatic rings. The average Bonchev–Trinajstić information content (AvgIpc) is 3.04. The molecule has 0 saturated heterocycles. The number of aromatic amines is 1. The Kier molecular flexibility index (Phi) is 5.03. The maximum Gasteiger partial charge on any atom is 0.232 e. The van der Waals surface area contributed by atoms with Crippen molar-refractivity contribution in [2.24, 2.45) is 0 Å². The zero-order valence-corrected chi connectivity index (χ0v) is 13.6. The summed E-state index contributed by atoms with van der Waals surface area (Å²) in [4.78, 5) is 16.4. The number of rotatable bonds is 6. The minimum Gasteiger partial charge on any atom is -0.497 e. The number of ether oxygens (including phenoxy) is 1. The number of amides is 1. The van der Waals surface area contributed by atoms with Gasteiger partial charge in [-0.05, 0) is 42.0 Å². The summed E-state index contributed by atoms with van der Waals surface area (Å²) < 4.78 is 18.0. The van der Waals surface area contributed by atoms with Crippen molar-refractivity contribution in [2.75, 3.05) is 12.4 Å². The highest BCUT2D eigenvalue weighted by molar-refractivity contribution is 5.91. The van der Waals surface area contributed by atoms with Crippen LogP contribution in [0.1, 0.15) is 17.2 Å². The van der Waals surface area contributed by atoms with Gasteiger partial charge >= 0.3 is 0 Å². The highest BCUT2D eigenvalue weighted by Gasteiger charge is 2.10. The summed E-state index contributed by atoms with van der Waals surface area (Å²) in [7, 11) is 1.58. The Morgan fingerprint density at radius 2 is 1.88 bits per heavy atom. The Bertz CT molecular complexity index is 844. The molecule has 0 radical (unpaired) electrons. The van der Waals surface area contributed by atoms with E-state index in [0.717, 1.165) is 11.3 Å². The number of benzene rings is 2. The largest absolute Gasteiger partial charge is 0.497 e. The van der Waals surface area contributed by atoms with Gasteiger partial charge < -0.3 is 10.1 Å². The lowest BCUT2D eigenvalue weighted by atomic mass is 10.1. The Hall–Kier alpha value is -3.22. The first-order valence-electron chi connectivity index (χ1n) is 7.71. The second kappa shape index (κ2) is 7.57. The summed E-state index contributed by atoms with van der Waals surface area (Å²) in [5.41, 5.74) is 1.58. The predicted molar refractivity (Wildman–Crippen MR) is 90.9 cm³/mol. The molecule has 0 spiro atoms. The topological polar surface area (TPSA) is 79.9 Å². The van der Waals surface area contributed by atoms with E-state index in [1.807, 2.05) is 0 Å². The van der Waals surface area contributed by atoms with Crippen LogP contribution < -0.4 is 10.1 Å². The van der Waals surface area contributed by atoms with Crippen molar-refractivity contribution in [3.63, 3.8) is 0 Å². The zero-order valence-electron chi connectivity index (χ0n) is 13.6. The number of carbonyl (C=O) groups is 1. The molecule has 128 valence electrons.